The Morgan fingerprint density at radius 2 is 1.88 bits per heavy atom. The lowest BCUT2D eigenvalue weighted by Gasteiger charge is -2.12. The van der Waals surface area contributed by atoms with Gasteiger partial charge in [0.15, 0.2) is 0 Å². The second kappa shape index (κ2) is 5.82. The Labute approximate surface area is 113 Å². The number of hydrogen-bond donors (Lipinski definition) is 1. The van der Waals surface area contributed by atoms with Crippen LogP contribution in [0.2, 0.25) is 0 Å². The molecule has 0 fully saturated rings. The first-order chi connectivity index (χ1) is 7.45. The van der Waals surface area contributed by atoms with E-state index >= 15 is 0 Å². The second-order valence-corrected chi connectivity index (χ2v) is 5.60. The fourth-order valence-electron chi connectivity index (χ4n) is 1.61. The fraction of sp³-hybridized carbons (Fsp3) is 0.417. The van der Waals surface area contributed by atoms with Crippen molar-refractivity contribution in [2.45, 2.75) is 26.7 Å². The molecule has 0 saturated carbocycles. The molecule has 2 N–H and O–H groups in total. The molecule has 0 spiro atoms. The maximum absolute atomic E-state index is 11.4. The highest BCUT2D eigenvalue weighted by Gasteiger charge is 2.14. The zero-order valence-corrected chi connectivity index (χ0v) is 12.6. The SMILES string of the molecule is CCC(Cc1cc(Br)c(N)c(Br)c1)C(C)=O. The number of benzene rings is 1. The monoisotopic (exact) mass is 347 g/mol. The molecule has 1 unspecified atom stereocenters. The highest BCUT2D eigenvalue weighted by atomic mass is 79.9. The molecule has 0 aliphatic rings. The van der Waals surface area contributed by atoms with Crippen LogP contribution in [0.15, 0.2) is 21.1 Å². The Morgan fingerprint density at radius 1 is 1.38 bits per heavy atom. The zero-order chi connectivity index (χ0) is 12.3. The predicted octanol–water partition coefficient (Wildman–Crippen LogP) is 3.95. The van der Waals surface area contributed by atoms with Crippen molar-refractivity contribution in [2.75, 3.05) is 5.73 Å². The van der Waals surface area contributed by atoms with E-state index in [0.717, 1.165) is 27.4 Å². The smallest absolute Gasteiger partial charge is 0.133 e. The number of nitrogen functional groups attached to an aromatic ring is 1. The van der Waals surface area contributed by atoms with E-state index in [-0.39, 0.29) is 11.7 Å². The summed E-state index contributed by atoms with van der Waals surface area (Å²) < 4.78 is 1.74. The Bertz CT molecular complexity index is 381. The van der Waals surface area contributed by atoms with E-state index in [1.54, 1.807) is 6.92 Å². The van der Waals surface area contributed by atoms with Gasteiger partial charge in [0.2, 0.25) is 0 Å². The molecule has 1 rings (SSSR count). The molecule has 2 nitrogen and oxygen atoms in total. The van der Waals surface area contributed by atoms with Crippen LogP contribution in [0.1, 0.15) is 25.8 Å². The van der Waals surface area contributed by atoms with E-state index in [1.165, 1.54) is 0 Å². The highest BCUT2D eigenvalue weighted by Crippen LogP contribution is 2.30. The van der Waals surface area contributed by atoms with Crippen LogP contribution in [0.4, 0.5) is 5.69 Å². The summed E-state index contributed by atoms with van der Waals surface area (Å²) in [5.41, 5.74) is 7.63. The van der Waals surface area contributed by atoms with Crippen molar-refractivity contribution in [3.8, 4) is 0 Å². The molecule has 1 aromatic carbocycles. The molecule has 1 atom stereocenters. The molecular formula is C12H15Br2NO. The minimum atomic E-state index is 0.0995. The summed E-state index contributed by atoms with van der Waals surface area (Å²) in [6.07, 6.45) is 1.64. The number of anilines is 1. The molecule has 0 bridgehead atoms. The molecule has 16 heavy (non-hydrogen) atoms. The molecule has 0 amide bonds. The Balaban J connectivity index is 2.93. The molecule has 0 radical (unpaired) electrons. The van der Waals surface area contributed by atoms with Crippen molar-refractivity contribution in [3.05, 3.63) is 26.6 Å². The summed E-state index contributed by atoms with van der Waals surface area (Å²) in [6, 6.07) is 3.96. The quantitative estimate of drug-likeness (QED) is 0.837. The van der Waals surface area contributed by atoms with E-state index in [0.29, 0.717) is 5.69 Å². The molecule has 0 saturated heterocycles. The van der Waals surface area contributed by atoms with Crippen molar-refractivity contribution < 1.29 is 4.79 Å². The van der Waals surface area contributed by atoms with Crippen LogP contribution in [-0.2, 0) is 11.2 Å². The topological polar surface area (TPSA) is 43.1 Å². The van der Waals surface area contributed by atoms with Crippen LogP contribution in [0.3, 0.4) is 0 Å². The van der Waals surface area contributed by atoms with E-state index in [4.69, 9.17) is 5.73 Å². The van der Waals surface area contributed by atoms with Crippen molar-refractivity contribution in [1.29, 1.82) is 0 Å². The van der Waals surface area contributed by atoms with Crippen LogP contribution >= 0.6 is 31.9 Å². The summed E-state index contributed by atoms with van der Waals surface area (Å²) in [4.78, 5) is 11.4. The number of carbonyl (C=O) groups excluding carboxylic acids is 1. The first-order valence-electron chi connectivity index (χ1n) is 5.19. The van der Waals surface area contributed by atoms with Crippen LogP contribution in [0, 0.1) is 5.92 Å². The van der Waals surface area contributed by atoms with Gasteiger partial charge in [-0.3, -0.25) is 4.79 Å². The van der Waals surface area contributed by atoms with E-state index in [1.807, 2.05) is 19.1 Å². The maximum atomic E-state index is 11.4. The van der Waals surface area contributed by atoms with Gasteiger partial charge < -0.3 is 5.73 Å². The molecule has 1 aromatic rings. The number of rotatable bonds is 4. The van der Waals surface area contributed by atoms with E-state index < -0.39 is 0 Å². The number of nitrogens with two attached hydrogens (primary N) is 1. The molecular weight excluding hydrogens is 334 g/mol. The minimum Gasteiger partial charge on any atom is -0.397 e. The third kappa shape index (κ3) is 3.32. The van der Waals surface area contributed by atoms with Crippen molar-refractivity contribution >= 4 is 43.3 Å². The van der Waals surface area contributed by atoms with Gasteiger partial charge in [-0.25, -0.2) is 0 Å². The third-order valence-electron chi connectivity index (χ3n) is 2.69. The first-order valence-corrected chi connectivity index (χ1v) is 6.78. The normalized spacial score (nSPS) is 12.5. The molecule has 0 aliphatic carbocycles. The highest BCUT2D eigenvalue weighted by molar-refractivity contribution is 9.11. The number of carbonyl (C=O) groups is 1. The lowest BCUT2D eigenvalue weighted by molar-refractivity contribution is -0.120. The summed E-state index contributed by atoms with van der Waals surface area (Å²) in [6.45, 7) is 3.68. The van der Waals surface area contributed by atoms with Gasteiger partial charge in [-0.15, -0.1) is 0 Å². The zero-order valence-electron chi connectivity index (χ0n) is 9.39. The standard InChI is InChI=1S/C12H15Br2NO/c1-3-9(7(2)16)4-8-5-10(13)12(15)11(14)6-8/h5-6,9H,3-4,15H2,1-2H3. The van der Waals surface area contributed by atoms with Gasteiger partial charge >= 0.3 is 0 Å². The van der Waals surface area contributed by atoms with Gasteiger partial charge in [0.25, 0.3) is 0 Å². The van der Waals surface area contributed by atoms with Gasteiger partial charge in [-0.1, -0.05) is 6.92 Å². The summed E-state index contributed by atoms with van der Waals surface area (Å²) in [5.74, 6) is 0.342. The number of ketones is 1. The number of hydrogen-bond acceptors (Lipinski definition) is 2. The minimum absolute atomic E-state index is 0.0995. The molecule has 0 aliphatic heterocycles. The van der Waals surface area contributed by atoms with Gasteiger partial charge in [-0.2, -0.15) is 0 Å². The Morgan fingerprint density at radius 3 is 2.25 bits per heavy atom. The molecule has 0 aromatic heterocycles. The molecule has 0 heterocycles. The lowest BCUT2D eigenvalue weighted by atomic mass is 9.93. The summed E-state index contributed by atoms with van der Waals surface area (Å²) >= 11 is 6.81. The molecule has 4 heteroatoms. The van der Waals surface area contributed by atoms with Crippen LogP contribution in [0.5, 0.6) is 0 Å². The van der Waals surface area contributed by atoms with Crippen molar-refractivity contribution in [1.82, 2.24) is 0 Å². The third-order valence-corrected chi connectivity index (χ3v) is 4.00. The van der Waals surface area contributed by atoms with Gasteiger partial charge in [0, 0.05) is 14.9 Å². The predicted molar refractivity (Wildman–Crippen MR) is 74.4 cm³/mol. The van der Waals surface area contributed by atoms with Gasteiger partial charge in [0.05, 0.1) is 5.69 Å². The average molecular weight is 349 g/mol. The second-order valence-electron chi connectivity index (χ2n) is 3.89. The van der Waals surface area contributed by atoms with E-state index in [9.17, 15) is 4.79 Å². The Hall–Kier alpha value is -0.350. The first kappa shape index (κ1) is 13.7. The summed E-state index contributed by atoms with van der Waals surface area (Å²) in [7, 11) is 0. The average Bonchev–Trinajstić information content (AvgIpc) is 2.21. The van der Waals surface area contributed by atoms with Gasteiger partial charge in [-0.05, 0) is 69.3 Å². The van der Waals surface area contributed by atoms with Gasteiger partial charge in [0.1, 0.15) is 5.78 Å². The summed E-state index contributed by atoms with van der Waals surface area (Å²) in [5, 5.41) is 0. The van der Waals surface area contributed by atoms with Crippen LogP contribution in [-0.4, -0.2) is 5.78 Å². The largest absolute Gasteiger partial charge is 0.397 e. The van der Waals surface area contributed by atoms with Crippen LogP contribution in [0.25, 0.3) is 0 Å². The lowest BCUT2D eigenvalue weighted by Crippen LogP contribution is -2.12. The number of Topliss-reactive ketones (excluding diaryl/α,β-unsaturated/α-hetero) is 1. The molecule has 88 valence electrons. The Kier molecular flexibility index (Phi) is 4.99. The van der Waals surface area contributed by atoms with Crippen molar-refractivity contribution in [3.63, 3.8) is 0 Å². The fourth-order valence-corrected chi connectivity index (χ4v) is 2.90. The van der Waals surface area contributed by atoms with E-state index in [2.05, 4.69) is 31.9 Å². The maximum Gasteiger partial charge on any atom is 0.133 e. The van der Waals surface area contributed by atoms with Crippen LogP contribution < -0.4 is 5.73 Å². The number of halogens is 2. The van der Waals surface area contributed by atoms with Crippen molar-refractivity contribution in [2.24, 2.45) is 5.92 Å².